The van der Waals surface area contributed by atoms with Gasteiger partial charge >= 0.3 is 5.97 Å². The number of nitrogens with zero attached hydrogens (tertiary/aromatic N) is 1. The molecule has 1 aromatic heterocycles. The van der Waals surface area contributed by atoms with Gasteiger partial charge in [-0.2, -0.15) is 0 Å². The number of carboxylic acids is 1. The van der Waals surface area contributed by atoms with Crippen molar-refractivity contribution in [3.63, 3.8) is 0 Å². The molecule has 5 heteroatoms. The van der Waals surface area contributed by atoms with Crippen molar-refractivity contribution in [1.29, 1.82) is 0 Å². The predicted octanol–water partition coefficient (Wildman–Crippen LogP) is 3.13. The molecule has 82 valence electrons. The van der Waals surface area contributed by atoms with Crippen molar-refractivity contribution in [3.8, 4) is 0 Å². The van der Waals surface area contributed by atoms with Gasteiger partial charge in [0.2, 0.25) is 0 Å². The molecule has 3 nitrogen and oxygen atoms in total. The molecular weight excluding hydrogens is 242 g/mol. The zero-order valence-corrected chi connectivity index (χ0v) is 9.92. The van der Waals surface area contributed by atoms with Crippen LogP contribution in [0.2, 0.25) is 0 Å². The van der Waals surface area contributed by atoms with Gasteiger partial charge in [-0.05, 0) is 18.2 Å². The van der Waals surface area contributed by atoms with E-state index in [1.165, 1.54) is 0 Å². The zero-order valence-electron chi connectivity index (χ0n) is 8.29. The molecule has 16 heavy (non-hydrogen) atoms. The van der Waals surface area contributed by atoms with Gasteiger partial charge in [-0.25, -0.2) is 9.78 Å². The molecule has 1 aromatic carbocycles. The van der Waals surface area contributed by atoms with Crippen LogP contribution in [0.15, 0.2) is 40.1 Å². The Morgan fingerprint density at radius 3 is 3.06 bits per heavy atom. The first kappa shape index (κ1) is 11.2. The van der Waals surface area contributed by atoms with Crippen LogP contribution in [0.1, 0.15) is 16.1 Å². The molecule has 0 saturated carbocycles. The summed E-state index contributed by atoms with van der Waals surface area (Å²) in [5.74, 6) is -0.122. The summed E-state index contributed by atoms with van der Waals surface area (Å²) in [5, 5.41) is 10.8. The second-order valence-electron chi connectivity index (χ2n) is 3.10. The second-order valence-corrected chi connectivity index (χ2v) is 4.87. The number of aromatic nitrogens is 1. The van der Waals surface area contributed by atoms with Crippen molar-refractivity contribution in [2.24, 2.45) is 0 Å². The molecule has 0 saturated heterocycles. The van der Waals surface area contributed by atoms with Crippen LogP contribution in [0.4, 0.5) is 0 Å². The first-order chi connectivity index (χ1) is 7.75. The van der Waals surface area contributed by atoms with Crippen LogP contribution >= 0.6 is 23.1 Å². The standard InChI is InChI=1S/C11H9NO2S2/c13-11(14)8-2-1-3-10(4-8)16-6-9-5-15-7-12-9/h1-5,7H,6H2,(H,13,14). The Morgan fingerprint density at radius 1 is 1.50 bits per heavy atom. The minimum Gasteiger partial charge on any atom is -0.478 e. The lowest BCUT2D eigenvalue weighted by Gasteiger charge is -2.00. The van der Waals surface area contributed by atoms with E-state index in [4.69, 9.17) is 5.11 Å². The molecular formula is C11H9NO2S2. The van der Waals surface area contributed by atoms with E-state index in [0.717, 1.165) is 16.3 Å². The summed E-state index contributed by atoms with van der Waals surface area (Å²) < 4.78 is 0. The van der Waals surface area contributed by atoms with E-state index in [-0.39, 0.29) is 0 Å². The quantitative estimate of drug-likeness (QED) is 0.848. The fourth-order valence-corrected chi connectivity index (χ4v) is 2.71. The molecule has 0 spiro atoms. The van der Waals surface area contributed by atoms with E-state index in [9.17, 15) is 4.79 Å². The molecule has 0 aliphatic heterocycles. The average molecular weight is 251 g/mol. The number of aromatic carboxylic acids is 1. The van der Waals surface area contributed by atoms with Gasteiger partial charge in [0.05, 0.1) is 16.8 Å². The highest BCUT2D eigenvalue weighted by Crippen LogP contribution is 2.23. The third kappa shape index (κ3) is 2.84. The Balaban J connectivity index is 2.04. The summed E-state index contributed by atoms with van der Waals surface area (Å²) in [4.78, 5) is 15.9. The largest absolute Gasteiger partial charge is 0.478 e. The summed E-state index contributed by atoms with van der Waals surface area (Å²) in [7, 11) is 0. The smallest absolute Gasteiger partial charge is 0.335 e. The monoisotopic (exact) mass is 251 g/mol. The molecule has 2 aromatic rings. The normalized spacial score (nSPS) is 10.2. The highest BCUT2D eigenvalue weighted by molar-refractivity contribution is 7.98. The number of carboxylic acid groups (broad SMARTS) is 1. The summed E-state index contributed by atoms with van der Waals surface area (Å²) in [6.45, 7) is 0. The van der Waals surface area contributed by atoms with Crippen LogP contribution in [0.3, 0.4) is 0 Å². The molecule has 0 unspecified atom stereocenters. The van der Waals surface area contributed by atoms with Crippen molar-refractivity contribution in [3.05, 3.63) is 46.4 Å². The summed E-state index contributed by atoms with van der Waals surface area (Å²) in [6, 6.07) is 6.94. The number of hydrogen-bond donors (Lipinski definition) is 1. The van der Waals surface area contributed by atoms with Gasteiger partial charge in [0.25, 0.3) is 0 Å². The summed E-state index contributed by atoms with van der Waals surface area (Å²) >= 11 is 3.15. The van der Waals surface area contributed by atoms with E-state index in [2.05, 4.69) is 4.98 Å². The highest BCUT2D eigenvalue weighted by atomic mass is 32.2. The van der Waals surface area contributed by atoms with Crippen molar-refractivity contribution >= 4 is 29.1 Å². The summed E-state index contributed by atoms with van der Waals surface area (Å²) in [5.41, 5.74) is 3.14. The van der Waals surface area contributed by atoms with E-state index < -0.39 is 5.97 Å². The average Bonchev–Trinajstić information content (AvgIpc) is 2.79. The van der Waals surface area contributed by atoms with Crippen LogP contribution in [0, 0.1) is 0 Å². The molecule has 0 aliphatic rings. The summed E-state index contributed by atoms with van der Waals surface area (Å²) in [6.07, 6.45) is 0. The van der Waals surface area contributed by atoms with Crippen LogP contribution in [-0.2, 0) is 5.75 Å². The fourth-order valence-electron chi connectivity index (χ4n) is 1.19. The Kier molecular flexibility index (Phi) is 3.58. The maximum Gasteiger partial charge on any atom is 0.335 e. The van der Waals surface area contributed by atoms with E-state index in [0.29, 0.717) is 5.56 Å². The van der Waals surface area contributed by atoms with E-state index in [1.807, 2.05) is 11.4 Å². The number of rotatable bonds is 4. The van der Waals surface area contributed by atoms with Crippen LogP contribution in [0.25, 0.3) is 0 Å². The van der Waals surface area contributed by atoms with Gasteiger partial charge in [-0.3, -0.25) is 0 Å². The maximum absolute atomic E-state index is 10.8. The first-order valence-corrected chi connectivity index (χ1v) is 6.52. The van der Waals surface area contributed by atoms with Gasteiger partial charge in [0, 0.05) is 16.0 Å². The molecule has 0 bridgehead atoms. The molecule has 2 rings (SSSR count). The number of benzene rings is 1. The number of hydrogen-bond acceptors (Lipinski definition) is 4. The SMILES string of the molecule is O=C(O)c1cccc(SCc2cscn2)c1. The van der Waals surface area contributed by atoms with Crippen molar-refractivity contribution < 1.29 is 9.90 Å². The Hall–Kier alpha value is -1.33. The van der Waals surface area contributed by atoms with Crippen molar-refractivity contribution in [1.82, 2.24) is 4.98 Å². The topological polar surface area (TPSA) is 50.2 Å². The van der Waals surface area contributed by atoms with Crippen LogP contribution in [-0.4, -0.2) is 16.1 Å². The molecule has 0 radical (unpaired) electrons. The minimum atomic E-state index is -0.892. The predicted molar refractivity (Wildman–Crippen MR) is 65.1 cm³/mol. The molecule has 1 heterocycles. The molecule has 0 fully saturated rings. The Labute approximate surface area is 101 Å². The van der Waals surface area contributed by atoms with Crippen molar-refractivity contribution in [2.75, 3.05) is 0 Å². The lowest BCUT2D eigenvalue weighted by molar-refractivity contribution is 0.0696. The van der Waals surface area contributed by atoms with Crippen LogP contribution < -0.4 is 0 Å². The minimum absolute atomic E-state index is 0.322. The molecule has 0 aliphatic carbocycles. The lowest BCUT2D eigenvalue weighted by Crippen LogP contribution is -1.95. The van der Waals surface area contributed by atoms with Crippen molar-refractivity contribution in [2.45, 2.75) is 10.6 Å². The van der Waals surface area contributed by atoms with Gasteiger partial charge in [-0.1, -0.05) is 6.07 Å². The van der Waals surface area contributed by atoms with Gasteiger partial charge in [-0.15, -0.1) is 23.1 Å². The number of carbonyl (C=O) groups is 1. The Bertz CT molecular complexity index is 482. The van der Waals surface area contributed by atoms with E-state index in [1.54, 1.807) is 46.8 Å². The maximum atomic E-state index is 10.8. The molecule has 0 amide bonds. The molecule has 0 atom stereocenters. The third-order valence-corrected chi connectivity index (χ3v) is 3.61. The number of thiazole rings is 1. The second kappa shape index (κ2) is 5.14. The molecule has 1 N–H and O–H groups in total. The highest BCUT2D eigenvalue weighted by Gasteiger charge is 2.04. The lowest BCUT2D eigenvalue weighted by atomic mass is 10.2. The third-order valence-electron chi connectivity index (χ3n) is 1.95. The van der Waals surface area contributed by atoms with Crippen LogP contribution in [0.5, 0.6) is 0 Å². The van der Waals surface area contributed by atoms with Gasteiger partial charge in [0.1, 0.15) is 0 Å². The van der Waals surface area contributed by atoms with E-state index >= 15 is 0 Å². The van der Waals surface area contributed by atoms with Gasteiger partial charge in [0.15, 0.2) is 0 Å². The zero-order chi connectivity index (χ0) is 11.4. The fraction of sp³-hybridized carbons (Fsp3) is 0.0909. The van der Waals surface area contributed by atoms with Gasteiger partial charge < -0.3 is 5.11 Å². The Morgan fingerprint density at radius 2 is 2.38 bits per heavy atom. The number of thioether (sulfide) groups is 1. The first-order valence-electron chi connectivity index (χ1n) is 4.59.